The number of aromatic nitrogens is 2. The Morgan fingerprint density at radius 2 is 1.65 bits per heavy atom. The highest BCUT2D eigenvalue weighted by molar-refractivity contribution is 6.40. The summed E-state index contributed by atoms with van der Waals surface area (Å²) in [6.45, 7) is 0. The van der Waals surface area contributed by atoms with Crippen molar-refractivity contribution in [2.75, 3.05) is 10.6 Å². The molecule has 0 fully saturated rings. The summed E-state index contributed by atoms with van der Waals surface area (Å²) in [4.78, 5) is 20.1. The Hall–Kier alpha value is -2.77. The molecule has 0 spiro atoms. The molecule has 0 saturated carbocycles. The van der Waals surface area contributed by atoms with Gasteiger partial charge in [-0.1, -0.05) is 29.3 Å². The Balaban J connectivity index is 1.74. The van der Waals surface area contributed by atoms with E-state index in [1.165, 1.54) is 18.5 Å². The van der Waals surface area contributed by atoms with Gasteiger partial charge in [-0.15, -0.1) is 0 Å². The third-order valence-electron chi connectivity index (χ3n) is 3.29. The van der Waals surface area contributed by atoms with Gasteiger partial charge in [0.1, 0.15) is 11.6 Å². The van der Waals surface area contributed by atoms with E-state index in [4.69, 9.17) is 23.2 Å². The predicted molar refractivity (Wildman–Crippen MR) is 96.1 cm³/mol. The van der Waals surface area contributed by atoms with Crippen LogP contribution in [-0.2, 0) is 0 Å². The molecule has 0 aliphatic rings. The molecule has 2 aromatic carbocycles. The smallest absolute Gasteiger partial charge is 0.258 e. The largest absolute Gasteiger partial charge is 0.322 e. The minimum Gasteiger partial charge on any atom is -0.322 e. The highest BCUT2D eigenvalue weighted by atomic mass is 35.5. The number of nitrogens with zero attached hydrogens (tertiary/aromatic N) is 2. The lowest BCUT2D eigenvalue weighted by molar-refractivity contribution is 0.102. The third-order valence-corrected chi connectivity index (χ3v) is 3.92. The lowest BCUT2D eigenvalue weighted by Crippen LogP contribution is -2.13. The van der Waals surface area contributed by atoms with Crippen molar-refractivity contribution in [1.82, 2.24) is 9.97 Å². The number of para-hydroxylation sites is 1. The maximum absolute atomic E-state index is 13.6. The first-order chi connectivity index (χ1) is 12.4. The summed E-state index contributed by atoms with van der Waals surface area (Å²) in [5, 5.41) is 5.75. The second-order valence-electron chi connectivity index (χ2n) is 5.10. The van der Waals surface area contributed by atoms with E-state index in [2.05, 4.69) is 20.6 Å². The van der Waals surface area contributed by atoms with Crippen LogP contribution in [0.5, 0.6) is 0 Å². The molecule has 132 valence electrons. The molecule has 0 bridgehead atoms. The predicted octanol–water partition coefficient (Wildman–Crippen LogP) is 5.06. The van der Waals surface area contributed by atoms with E-state index in [9.17, 15) is 13.6 Å². The van der Waals surface area contributed by atoms with Crippen molar-refractivity contribution < 1.29 is 13.6 Å². The number of amides is 1. The molecule has 0 radical (unpaired) electrons. The van der Waals surface area contributed by atoms with Gasteiger partial charge in [0.05, 0.1) is 27.0 Å². The van der Waals surface area contributed by atoms with E-state index in [-0.39, 0.29) is 32.9 Å². The third kappa shape index (κ3) is 4.07. The first-order valence-electron chi connectivity index (χ1n) is 7.23. The molecule has 0 aliphatic carbocycles. The summed E-state index contributed by atoms with van der Waals surface area (Å²) >= 11 is 12.0. The van der Waals surface area contributed by atoms with Crippen molar-refractivity contribution in [1.29, 1.82) is 0 Å². The Kier molecular flexibility index (Phi) is 5.29. The first kappa shape index (κ1) is 18.0. The highest BCUT2D eigenvalue weighted by Crippen LogP contribution is 2.30. The molecule has 9 heteroatoms. The van der Waals surface area contributed by atoms with Crippen LogP contribution in [0.1, 0.15) is 10.4 Å². The molecule has 0 aliphatic heterocycles. The fourth-order valence-electron chi connectivity index (χ4n) is 2.02. The number of benzene rings is 2. The van der Waals surface area contributed by atoms with Gasteiger partial charge in [0.25, 0.3) is 5.91 Å². The van der Waals surface area contributed by atoms with Crippen molar-refractivity contribution in [2.45, 2.75) is 0 Å². The molecule has 1 amide bonds. The minimum absolute atomic E-state index is 0.00597. The molecule has 0 unspecified atom stereocenters. The van der Waals surface area contributed by atoms with Crippen LogP contribution in [0, 0.1) is 11.6 Å². The lowest BCUT2D eigenvalue weighted by Gasteiger charge is -2.09. The summed E-state index contributed by atoms with van der Waals surface area (Å²) in [6, 6.07) is 7.87. The van der Waals surface area contributed by atoms with Crippen LogP contribution < -0.4 is 10.6 Å². The number of hydrogen-bond donors (Lipinski definition) is 2. The molecule has 0 atom stereocenters. The normalized spacial score (nSPS) is 10.5. The van der Waals surface area contributed by atoms with Gasteiger partial charge >= 0.3 is 0 Å². The summed E-state index contributed by atoms with van der Waals surface area (Å²) in [5.74, 6) is -1.95. The number of halogens is 4. The SMILES string of the molecule is O=C(Nc1c(Cl)cccc1Cl)c1cnc(Nc2ccc(F)cc2F)nc1. The molecule has 1 heterocycles. The van der Waals surface area contributed by atoms with Crippen LogP contribution in [0.4, 0.5) is 26.1 Å². The van der Waals surface area contributed by atoms with Gasteiger partial charge in [-0.25, -0.2) is 18.7 Å². The Morgan fingerprint density at radius 1 is 1.00 bits per heavy atom. The summed E-state index contributed by atoms with van der Waals surface area (Å²) in [5.41, 5.74) is 0.425. The molecule has 3 aromatic rings. The van der Waals surface area contributed by atoms with Gasteiger partial charge in [-0.3, -0.25) is 4.79 Å². The second kappa shape index (κ2) is 7.63. The molecule has 5 nitrogen and oxygen atoms in total. The van der Waals surface area contributed by atoms with E-state index < -0.39 is 17.5 Å². The van der Waals surface area contributed by atoms with Crippen LogP contribution in [-0.4, -0.2) is 15.9 Å². The number of carbonyl (C=O) groups is 1. The number of hydrogen-bond acceptors (Lipinski definition) is 4. The lowest BCUT2D eigenvalue weighted by atomic mass is 10.2. The topological polar surface area (TPSA) is 66.9 Å². The molecular weight excluding hydrogens is 385 g/mol. The zero-order valence-electron chi connectivity index (χ0n) is 12.9. The fourth-order valence-corrected chi connectivity index (χ4v) is 2.52. The average Bonchev–Trinajstić information content (AvgIpc) is 2.61. The van der Waals surface area contributed by atoms with Gasteiger partial charge < -0.3 is 10.6 Å². The summed E-state index contributed by atoms with van der Waals surface area (Å²) in [6.07, 6.45) is 2.49. The molecule has 1 aromatic heterocycles. The Labute approximate surface area is 157 Å². The quantitative estimate of drug-likeness (QED) is 0.648. The number of nitrogens with one attached hydrogen (secondary N) is 2. The van der Waals surface area contributed by atoms with Crippen LogP contribution in [0.2, 0.25) is 10.0 Å². The first-order valence-corrected chi connectivity index (χ1v) is 7.99. The summed E-state index contributed by atoms with van der Waals surface area (Å²) < 4.78 is 26.5. The van der Waals surface area contributed by atoms with Crippen molar-refractivity contribution >= 4 is 46.4 Å². The number of carbonyl (C=O) groups excluding carboxylic acids is 1. The van der Waals surface area contributed by atoms with E-state index >= 15 is 0 Å². The number of anilines is 3. The van der Waals surface area contributed by atoms with Gasteiger partial charge in [0.2, 0.25) is 5.95 Å². The van der Waals surface area contributed by atoms with Crippen molar-refractivity contribution in [2.24, 2.45) is 0 Å². The minimum atomic E-state index is -0.788. The van der Waals surface area contributed by atoms with E-state index in [1.54, 1.807) is 18.2 Å². The van der Waals surface area contributed by atoms with E-state index in [0.717, 1.165) is 12.1 Å². The van der Waals surface area contributed by atoms with Crippen LogP contribution >= 0.6 is 23.2 Å². The van der Waals surface area contributed by atoms with Crippen molar-refractivity contribution in [3.05, 3.63) is 76.0 Å². The van der Waals surface area contributed by atoms with Crippen LogP contribution in [0.3, 0.4) is 0 Å². The molecule has 0 saturated heterocycles. The van der Waals surface area contributed by atoms with Crippen molar-refractivity contribution in [3.8, 4) is 0 Å². The second-order valence-corrected chi connectivity index (χ2v) is 5.91. The fraction of sp³-hybridized carbons (Fsp3) is 0. The van der Waals surface area contributed by atoms with Crippen LogP contribution in [0.15, 0.2) is 48.8 Å². The van der Waals surface area contributed by atoms with E-state index in [1.807, 2.05) is 0 Å². The Bertz CT molecular complexity index is 947. The number of rotatable bonds is 4. The maximum atomic E-state index is 13.6. The Morgan fingerprint density at radius 3 is 2.27 bits per heavy atom. The zero-order chi connectivity index (χ0) is 18.7. The van der Waals surface area contributed by atoms with Gasteiger partial charge in [-0.05, 0) is 24.3 Å². The molecular formula is C17H10Cl2F2N4O. The van der Waals surface area contributed by atoms with Crippen LogP contribution in [0.25, 0.3) is 0 Å². The highest BCUT2D eigenvalue weighted by Gasteiger charge is 2.13. The zero-order valence-corrected chi connectivity index (χ0v) is 14.4. The van der Waals surface area contributed by atoms with Gasteiger partial charge in [0, 0.05) is 18.5 Å². The maximum Gasteiger partial charge on any atom is 0.258 e. The van der Waals surface area contributed by atoms with E-state index in [0.29, 0.717) is 0 Å². The molecule has 26 heavy (non-hydrogen) atoms. The van der Waals surface area contributed by atoms with Crippen molar-refractivity contribution in [3.63, 3.8) is 0 Å². The monoisotopic (exact) mass is 394 g/mol. The average molecular weight is 395 g/mol. The standard InChI is InChI=1S/C17H10Cl2F2N4O/c18-11-2-1-3-12(19)15(11)25-16(26)9-7-22-17(23-8-9)24-14-5-4-10(20)6-13(14)21/h1-8H,(H,25,26)(H,22,23,24). The summed E-state index contributed by atoms with van der Waals surface area (Å²) in [7, 11) is 0. The molecule has 3 rings (SSSR count). The van der Waals surface area contributed by atoms with Gasteiger partial charge in [0.15, 0.2) is 0 Å². The van der Waals surface area contributed by atoms with Gasteiger partial charge in [-0.2, -0.15) is 0 Å². The molecule has 2 N–H and O–H groups in total.